The maximum atomic E-state index is 12.3. The van der Waals surface area contributed by atoms with E-state index < -0.39 is 10.0 Å². The first-order valence-electron chi connectivity index (χ1n) is 6.07. The number of hydrogen-bond acceptors (Lipinski definition) is 4. The van der Waals surface area contributed by atoms with E-state index in [9.17, 15) is 8.42 Å². The molecule has 102 valence electrons. The number of pyridine rings is 1. The van der Waals surface area contributed by atoms with E-state index >= 15 is 0 Å². The zero-order valence-corrected chi connectivity index (χ0v) is 12.1. The standard InChI is InChI=1S/C12H21N3O2S/c1-5-9(2)10(3)15-18(16,17)11-7-6-8-14-12(11)13-4/h6-10,15H,5H2,1-4H3,(H,13,14). The Labute approximate surface area is 109 Å². The molecular formula is C12H21N3O2S. The van der Waals surface area contributed by atoms with Gasteiger partial charge in [0.15, 0.2) is 0 Å². The predicted octanol–water partition coefficient (Wildman–Crippen LogP) is 1.84. The SMILES string of the molecule is CCC(C)C(C)NS(=O)(=O)c1cccnc1NC. The van der Waals surface area contributed by atoms with Crippen molar-refractivity contribution in [3.63, 3.8) is 0 Å². The van der Waals surface area contributed by atoms with E-state index in [-0.39, 0.29) is 16.9 Å². The van der Waals surface area contributed by atoms with Gasteiger partial charge in [-0.05, 0) is 25.0 Å². The van der Waals surface area contributed by atoms with Crippen molar-refractivity contribution in [2.45, 2.75) is 38.1 Å². The molecule has 0 aromatic carbocycles. The topological polar surface area (TPSA) is 71.1 Å². The summed E-state index contributed by atoms with van der Waals surface area (Å²) in [6.07, 6.45) is 2.48. The highest BCUT2D eigenvalue weighted by molar-refractivity contribution is 7.89. The molecule has 0 aliphatic heterocycles. The van der Waals surface area contributed by atoms with Crippen LogP contribution in [0.4, 0.5) is 5.82 Å². The van der Waals surface area contributed by atoms with E-state index in [1.165, 1.54) is 0 Å². The van der Waals surface area contributed by atoms with Crippen LogP contribution in [0, 0.1) is 5.92 Å². The second kappa shape index (κ2) is 6.15. The van der Waals surface area contributed by atoms with Crippen molar-refractivity contribution < 1.29 is 8.42 Å². The zero-order chi connectivity index (χ0) is 13.8. The summed E-state index contributed by atoms with van der Waals surface area (Å²) in [5.74, 6) is 0.649. The van der Waals surface area contributed by atoms with Crippen LogP contribution in [-0.2, 0) is 10.0 Å². The molecule has 1 heterocycles. The fourth-order valence-corrected chi connectivity index (χ4v) is 3.09. The van der Waals surface area contributed by atoms with E-state index in [1.54, 1.807) is 25.4 Å². The van der Waals surface area contributed by atoms with Crippen LogP contribution in [0.3, 0.4) is 0 Å². The summed E-state index contributed by atoms with van der Waals surface area (Å²) in [5, 5.41) is 2.79. The van der Waals surface area contributed by atoms with Crippen molar-refractivity contribution in [2.24, 2.45) is 5.92 Å². The highest BCUT2D eigenvalue weighted by Crippen LogP contribution is 2.19. The highest BCUT2D eigenvalue weighted by Gasteiger charge is 2.23. The molecule has 0 amide bonds. The summed E-state index contributed by atoms with van der Waals surface area (Å²) in [4.78, 5) is 4.19. The minimum absolute atomic E-state index is 0.107. The lowest BCUT2D eigenvalue weighted by molar-refractivity contribution is 0.434. The van der Waals surface area contributed by atoms with Crippen molar-refractivity contribution in [1.82, 2.24) is 9.71 Å². The van der Waals surface area contributed by atoms with Gasteiger partial charge in [0.05, 0.1) is 0 Å². The average Bonchev–Trinajstić information content (AvgIpc) is 2.37. The number of nitrogens with one attached hydrogen (secondary N) is 2. The van der Waals surface area contributed by atoms with Gasteiger partial charge in [-0.2, -0.15) is 0 Å². The lowest BCUT2D eigenvalue weighted by Crippen LogP contribution is -2.37. The second-order valence-corrected chi connectivity index (χ2v) is 6.08. The molecule has 1 rings (SSSR count). The van der Waals surface area contributed by atoms with Crippen LogP contribution in [-0.4, -0.2) is 26.5 Å². The average molecular weight is 271 g/mol. The Bertz CT molecular complexity index is 488. The van der Waals surface area contributed by atoms with Crippen molar-refractivity contribution >= 4 is 15.8 Å². The fraction of sp³-hybridized carbons (Fsp3) is 0.583. The van der Waals surface area contributed by atoms with Gasteiger partial charge in [-0.25, -0.2) is 18.1 Å². The third kappa shape index (κ3) is 3.43. The van der Waals surface area contributed by atoms with Gasteiger partial charge in [-0.15, -0.1) is 0 Å². The van der Waals surface area contributed by atoms with Gasteiger partial charge in [0.25, 0.3) is 0 Å². The molecule has 2 unspecified atom stereocenters. The number of anilines is 1. The second-order valence-electron chi connectivity index (χ2n) is 4.40. The first-order valence-corrected chi connectivity index (χ1v) is 7.55. The van der Waals surface area contributed by atoms with Crippen molar-refractivity contribution in [2.75, 3.05) is 12.4 Å². The number of hydrogen-bond donors (Lipinski definition) is 2. The van der Waals surface area contributed by atoms with Crippen molar-refractivity contribution in [3.05, 3.63) is 18.3 Å². The van der Waals surface area contributed by atoms with E-state index in [0.29, 0.717) is 5.82 Å². The van der Waals surface area contributed by atoms with Gasteiger partial charge in [-0.1, -0.05) is 20.3 Å². The van der Waals surface area contributed by atoms with E-state index in [0.717, 1.165) is 6.42 Å². The van der Waals surface area contributed by atoms with Crippen molar-refractivity contribution in [3.8, 4) is 0 Å². The fourth-order valence-electron chi connectivity index (χ4n) is 1.57. The Morgan fingerprint density at radius 3 is 2.61 bits per heavy atom. The Morgan fingerprint density at radius 1 is 1.39 bits per heavy atom. The normalized spacial score (nSPS) is 15.1. The lowest BCUT2D eigenvalue weighted by atomic mass is 10.0. The van der Waals surface area contributed by atoms with Crippen LogP contribution < -0.4 is 10.0 Å². The maximum Gasteiger partial charge on any atom is 0.244 e. The third-order valence-corrected chi connectivity index (χ3v) is 4.73. The zero-order valence-electron chi connectivity index (χ0n) is 11.3. The largest absolute Gasteiger partial charge is 0.372 e. The van der Waals surface area contributed by atoms with Crippen LogP contribution in [0.2, 0.25) is 0 Å². The van der Waals surface area contributed by atoms with Gasteiger partial charge in [-0.3, -0.25) is 0 Å². The third-order valence-electron chi connectivity index (χ3n) is 3.14. The van der Waals surface area contributed by atoms with E-state index in [2.05, 4.69) is 15.0 Å². The highest BCUT2D eigenvalue weighted by atomic mass is 32.2. The Kier molecular flexibility index (Phi) is 5.10. The van der Waals surface area contributed by atoms with Crippen LogP contribution in [0.5, 0.6) is 0 Å². The molecule has 0 saturated carbocycles. The summed E-state index contributed by atoms with van der Waals surface area (Å²) in [5.41, 5.74) is 0. The van der Waals surface area contributed by atoms with Crippen LogP contribution >= 0.6 is 0 Å². The number of nitrogens with zero attached hydrogens (tertiary/aromatic N) is 1. The minimum Gasteiger partial charge on any atom is -0.372 e. The summed E-state index contributed by atoms with van der Waals surface area (Å²) in [6, 6.07) is 3.05. The van der Waals surface area contributed by atoms with Crippen molar-refractivity contribution in [1.29, 1.82) is 0 Å². The summed E-state index contributed by atoms with van der Waals surface area (Å²) in [7, 11) is -1.88. The molecule has 0 radical (unpaired) electrons. The van der Waals surface area contributed by atoms with Crippen LogP contribution in [0.15, 0.2) is 23.2 Å². The Morgan fingerprint density at radius 2 is 2.06 bits per heavy atom. The molecule has 6 heteroatoms. The molecule has 2 N–H and O–H groups in total. The molecule has 0 aliphatic rings. The Hall–Kier alpha value is -1.14. The molecule has 0 bridgehead atoms. The molecule has 1 aromatic heterocycles. The summed E-state index contributed by atoms with van der Waals surface area (Å²) in [6.45, 7) is 5.94. The van der Waals surface area contributed by atoms with Gasteiger partial charge in [0, 0.05) is 19.3 Å². The number of sulfonamides is 1. The molecule has 5 nitrogen and oxygen atoms in total. The van der Waals surface area contributed by atoms with Gasteiger partial charge < -0.3 is 5.32 Å². The summed E-state index contributed by atoms with van der Waals surface area (Å²) >= 11 is 0. The molecule has 0 aliphatic carbocycles. The smallest absolute Gasteiger partial charge is 0.244 e. The lowest BCUT2D eigenvalue weighted by Gasteiger charge is -2.20. The van der Waals surface area contributed by atoms with Gasteiger partial charge in [0.1, 0.15) is 10.7 Å². The quantitative estimate of drug-likeness (QED) is 0.828. The number of aromatic nitrogens is 1. The molecule has 2 atom stereocenters. The first kappa shape index (κ1) is 14.9. The molecule has 0 spiro atoms. The van der Waals surface area contributed by atoms with Gasteiger partial charge >= 0.3 is 0 Å². The maximum absolute atomic E-state index is 12.3. The molecule has 0 fully saturated rings. The molecule has 0 saturated heterocycles. The van der Waals surface area contributed by atoms with Crippen LogP contribution in [0.25, 0.3) is 0 Å². The van der Waals surface area contributed by atoms with Crippen LogP contribution in [0.1, 0.15) is 27.2 Å². The predicted molar refractivity (Wildman–Crippen MR) is 73.0 cm³/mol. The number of rotatable bonds is 6. The first-order chi connectivity index (χ1) is 8.42. The molecule has 18 heavy (non-hydrogen) atoms. The molecule has 1 aromatic rings. The minimum atomic E-state index is -3.53. The summed E-state index contributed by atoms with van der Waals surface area (Å²) < 4.78 is 27.2. The van der Waals surface area contributed by atoms with Gasteiger partial charge in [0.2, 0.25) is 10.0 Å². The van der Waals surface area contributed by atoms with E-state index in [4.69, 9.17) is 0 Å². The Balaban J connectivity index is 3.00. The monoisotopic (exact) mass is 271 g/mol. The molecular weight excluding hydrogens is 250 g/mol. The van der Waals surface area contributed by atoms with E-state index in [1.807, 2.05) is 20.8 Å².